The molecule has 0 N–H and O–H groups in total. The van der Waals surface area contributed by atoms with Crippen LogP contribution in [0.4, 0.5) is 22.0 Å². The van der Waals surface area contributed by atoms with Crippen molar-refractivity contribution in [1.82, 2.24) is 0 Å². The molecule has 0 saturated heterocycles. The summed E-state index contributed by atoms with van der Waals surface area (Å²) in [6.45, 7) is 0. The lowest BCUT2D eigenvalue weighted by atomic mass is 10.0. The molecule has 2 rings (SSSR count). The first-order valence-corrected chi connectivity index (χ1v) is 6.05. The van der Waals surface area contributed by atoms with Crippen LogP contribution in [0.1, 0.15) is 16.5 Å². The Hall–Kier alpha value is -1.33. The number of halogens is 7. The van der Waals surface area contributed by atoms with Gasteiger partial charge in [0.1, 0.15) is 29.1 Å². The van der Waals surface area contributed by atoms with E-state index in [0.29, 0.717) is 24.3 Å². The van der Waals surface area contributed by atoms with Crippen molar-refractivity contribution in [3.8, 4) is 0 Å². The highest BCUT2D eigenvalue weighted by Crippen LogP contribution is 2.35. The molecular weight excluding hydrogens is 322 g/mol. The number of rotatable bonds is 2. The molecule has 0 aromatic heterocycles. The van der Waals surface area contributed by atoms with E-state index < -0.39 is 50.6 Å². The fourth-order valence-electron chi connectivity index (χ4n) is 1.68. The van der Waals surface area contributed by atoms with Gasteiger partial charge in [0.25, 0.3) is 0 Å². The summed E-state index contributed by atoms with van der Waals surface area (Å²) in [6.07, 6.45) is 0. The van der Waals surface area contributed by atoms with Gasteiger partial charge in [-0.2, -0.15) is 0 Å². The van der Waals surface area contributed by atoms with Crippen molar-refractivity contribution in [2.24, 2.45) is 0 Å². The SMILES string of the molecule is Fc1cc(F)c(C(Cl)c2cc(F)c(Cl)cc2F)c(F)c1. The van der Waals surface area contributed by atoms with Crippen LogP contribution in [0, 0.1) is 29.1 Å². The van der Waals surface area contributed by atoms with Crippen LogP contribution in [0.15, 0.2) is 24.3 Å². The molecule has 1 atom stereocenters. The van der Waals surface area contributed by atoms with Gasteiger partial charge in [-0.25, -0.2) is 22.0 Å². The van der Waals surface area contributed by atoms with E-state index in [9.17, 15) is 22.0 Å². The van der Waals surface area contributed by atoms with Crippen molar-refractivity contribution in [1.29, 1.82) is 0 Å². The van der Waals surface area contributed by atoms with Crippen LogP contribution >= 0.6 is 23.2 Å². The summed E-state index contributed by atoms with van der Waals surface area (Å²) >= 11 is 11.1. The summed E-state index contributed by atoms with van der Waals surface area (Å²) in [4.78, 5) is 0. The van der Waals surface area contributed by atoms with Crippen molar-refractivity contribution < 1.29 is 22.0 Å². The van der Waals surface area contributed by atoms with Crippen LogP contribution in [-0.4, -0.2) is 0 Å². The molecule has 0 saturated carbocycles. The third-order valence-corrected chi connectivity index (χ3v) is 3.35. The van der Waals surface area contributed by atoms with Gasteiger partial charge in [-0.05, 0) is 12.1 Å². The van der Waals surface area contributed by atoms with E-state index in [1.165, 1.54) is 0 Å². The number of hydrogen-bond acceptors (Lipinski definition) is 0. The highest BCUT2D eigenvalue weighted by molar-refractivity contribution is 6.30. The van der Waals surface area contributed by atoms with Gasteiger partial charge in [0.2, 0.25) is 0 Å². The van der Waals surface area contributed by atoms with Gasteiger partial charge >= 0.3 is 0 Å². The second-order valence-corrected chi connectivity index (χ2v) is 4.78. The molecule has 0 aliphatic rings. The van der Waals surface area contributed by atoms with E-state index in [2.05, 4.69) is 0 Å². The Morgan fingerprint density at radius 1 is 0.750 bits per heavy atom. The third-order valence-electron chi connectivity index (χ3n) is 2.61. The molecule has 0 nitrogen and oxygen atoms in total. The minimum Gasteiger partial charge on any atom is -0.207 e. The molecule has 0 aliphatic carbocycles. The van der Waals surface area contributed by atoms with Gasteiger partial charge in [-0.1, -0.05) is 11.6 Å². The maximum Gasteiger partial charge on any atom is 0.142 e. The van der Waals surface area contributed by atoms with E-state index in [1.54, 1.807) is 0 Å². The van der Waals surface area contributed by atoms with Crippen LogP contribution in [0.3, 0.4) is 0 Å². The van der Waals surface area contributed by atoms with Crippen LogP contribution in [-0.2, 0) is 0 Å². The average molecular weight is 327 g/mol. The molecule has 0 spiro atoms. The molecule has 2 aromatic rings. The smallest absolute Gasteiger partial charge is 0.142 e. The lowest BCUT2D eigenvalue weighted by Gasteiger charge is -2.14. The molecule has 0 fully saturated rings. The van der Waals surface area contributed by atoms with Crippen LogP contribution in [0.5, 0.6) is 0 Å². The fraction of sp³-hybridized carbons (Fsp3) is 0.0769. The second kappa shape index (κ2) is 5.58. The minimum atomic E-state index is -1.66. The molecular formula is C13H5Cl2F5. The van der Waals surface area contributed by atoms with Crippen molar-refractivity contribution >= 4 is 23.2 Å². The summed E-state index contributed by atoms with van der Waals surface area (Å²) in [7, 11) is 0. The first-order chi connectivity index (χ1) is 9.31. The zero-order valence-electron chi connectivity index (χ0n) is 9.53. The van der Waals surface area contributed by atoms with E-state index in [0.717, 1.165) is 0 Å². The molecule has 0 aliphatic heterocycles. The molecule has 0 heterocycles. The van der Waals surface area contributed by atoms with Gasteiger partial charge < -0.3 is 0 Å². The predicted octanol–water partition coefficient (Wildman–Crippen LogP) is 5.36. The largest absolute Gasteiger partial charge is 0.207 e. The maximum atomic E-state index is 13.7. The van der Waals surface area contributed by atoms with E-state index in [-0.39, 0.29) is 0 Å². The molecule has 20 heavy (non-hydrogen) atoms. The van der Waals surface area contributed by atoms with Crippen molar-refractivity contribution in [3.63, 3.8) is 0 Å². The Balaban J connectivity index is 2.57. The van der Waals surface area contributed by atoms with Crippen molar-refractivity contribution in [2.45, 2.75) is 5.38 Å². The van der Waals surface area contributed by atoms with E-state index >= 15 is 0 Å². The van der Waals surface area contributed by atoms with Crippen molar-refractivity contribution in [3.05, 3.63) is 69.5 Å². The Morgan fingerprint density at radius 3 is 1.85 bits per heavy atom. The Bertz CT molecular complexity index is 649. The van der Waals surface area contributed by atoms with Crippen LogP contribution in [0.2, 0.25) is 5.02 Å². The molecule has 2 aromatic carbocycles. The lowest BCUT2D eigenvalue weighted by Crippen LogP contribution is -2.05. The molecule has 0 bridgehead atoms. The number of alkyl halides is 1. The second-order valence-electron chi connectivity index (χ2n) is 3.93. The Kier molecular flexibility index (Phi) is 4.20. The summed E-state index contributed by atoms with van der Waals surface area (Å²) in [5, 5.41) is -2.16. The zero-order chi connectivity index (χ0) is 15.0. The maximum absolute atomic E-state index is 13.7. The molecule has 0 amide bonds. The molecule has 106 valence electrons. The summed E-state index contributed by atoms with van der Waals surface area (Å²) in [6, 6.07) is 2.08. The summed E-state index contributed by atoms with van der Waals surface area (Å²) in [5.74, 6) is -5.75. The quantitative estimate of drug-likeness (QED) is 0.395. The Morgan fingerprint density at radius 2 is 1.30 bits per heavy atom. The standard InChI is InChI=1S/C13H5Cl2F5/c14-7-4-8(17)6(3-9(7)18)13(15)12-10(19)1-5(16)2-11(12)20/h1-4,13H. The monoisotopic (exact) mass is 326 g/mol. The highest BCUT2D eigenvalue weighted by atomic mass is 35.5. The molecule has 0 radical (unpaired) electrons. The Labute approximate surface area is 120 Å². The average Bonchev–Trinajstić information content (AvgIpc) is 2.32. The topological polar surface area (TPSA) is 0 Å². The van der Waals surface area contributed by atoms with Crippen LogP contribution < -0.4 is 0 Å². The third kappa shape index (κ3) is 2.74. The highest BCUT2D eigenvalue weighted by Gasteiger charge is 2.24. The first kappa shape index (κ1) is 15.1. The molecule has 1 unspecified atom stereocenters. The molecule has 7 heteroatoms. The zero-order valence-corrected chi connectivity index (χ0v) is 11.0. The number of hydrogen-bond donors (Lipinski definition) is 0. The van der Waals surface area contributed by atoms with Crippen molar-refractivity contribution in [2.75, 3.05) is 0 Å². The normalized spacial score (nSPS) is 12.6. The summed E-state index contributed by atoms with van der Waals surface area (Å²) < 4.78 is 66.9. The van der Waals surface area contributed by atoms with Gasteiger partial charge in [-0.15, -0.1) is 11.6 Å². The van der Waals surface area contributed by atoms with E-state index in [4.69, 9.17) is 23.2 Å². The summed E-state index contributed by atoms with van der Waals surface area (Å²) in [5.41, 5.74) is -1.27. The van der Waals surface area contributed by atoms with Gasteiger partial charge in [0.15, 0.2) is 0 Å². The van der Waals surface area contributed by atoms with Gasteiger partial charge in [-0.3, -0.25) is 0 Å². The lowest BCUT2D eigenvalue weighted by molar-refractivity contribution is 0.522. The van der Waals surface area contributed by atoms with Gasteiger partial charge in [0.05, 0.1) is 10.4 Å². The first-order valence-electron chi connectivity index (χ1n) is 5.24. The van der Waals surface area contributed by atoms with Gasteiger partial charge in [0, 0.05) is 23.3 Å². The van der Waals surface area contributed by atoms with Crippen LogP contribution in [0.25, 0.3) is 0 Å². The van der Waals surface area contributed by atoms with E-state index in [1.807, 2.05) is 0 Å². The minimum absolute atomic E-state index is 0.401. The fourth-order valence-corrected chi connectivity index (χ4v) is 2.21. The predicted molar refractivity (Wildman–Crippen MR) is 65.4 cm³/mol. The number of benzene rings is 2.